The van der Waals surface area contributed by atoms with Crippen LogP contribution in [0.15, 0.2) is 41.2 Å². The van der Waals surface area contributed by atoms with E-state index in [1.165, 1.54) is 18.6 Å². The van der Waals surface area contributed by atoms with Gasteiger partial charge in [0.1, 0.15) is 19.5 Å². The number of fused-ring (bicyclic) bond motifs is 1. The zero-order valence-corrected chi connectivity index (χ0v) is 11.5. The van der Waals surface area contributed by atoms with Crippen molar-refractivity contribution >= 4 is 17.6 Å². The summed E-state index contributed by atoms with van der Waals surface area (Å²) in [6.07, 6.45) is 2.60. The maximum atomic E-state index is 11.8. The molecular weight excluding hydrogens is 290 g/mol. The average Bonchev–Trinajstić information content (AvgIpc) is 3.07. The summed E-state index contributed by atoms with van der Waals surface area (Å²) in [5, 5.41) is 2.62. The molecule has 22 heavy (non-hydrogen) atoms. The number of hydrogen-bond acceptors (Lipinski definition) is 6. The number of nitrogens with one attached hydrogen (secondary N) is 1. The molecule has 2 aromatic rings. The average molecular weight is 303 g/mol. The molecule has 0 atom stereocenters. The van der Waals surface area contributed by atoms with Gasteiger partial charge in [-0.1, -0.05) is 0 Å². The molecule has 1 N–H and O–H groups in total. The number of amides is 1. The fourth-order valence-electron chi connectivity index (χ4n) is 1.91. The quantitative estimate of drug-likeness (QED) is 0.867. The highest BCUT2D eigenvalue weighted by atomic mass is 16.6. The SMILES string of the molecule is O=C(COC(=O)c1ccoc1)Nc1ccc2c(c1)OCCO2. The third-order valence-electron chi connectivity index (χ3n) is 2.92. The first kappa shape index (κ1) is 14.0. The van der Waals surface area contributed by atoms with Gasteiger partial charge in [0.2, 0.25) is 0 Å². The monoisotopic (exact) mass is 303 g/mol. The number of furan rings is 1. The van der Waals surface area contributed by atoms with Crippen LogP contribution in [0.3, 0.4) is 0 Å². The Bertz CT molecular complexity index is 679. The highest BCUT2D eigenvalue weighted by Crippen LogP contribution is 2.32. The molecule has 1 aromatic carbocycles. The van der Waals surface area contributed by atoms with E-state index in [1.54, 1.807) is 18.2 Å². The molecule has 1 aliphatic rings. The predicted octanol–water partition coefficient (Wildman–Crippen LogP) is 1.85. The van der Waals surface area contributed by atoms with Crippen molar-refractivity contribution in [3.8, 4) is 11.5 Å². The molecule has 0 saturated heterocycles. The first-order valence-electron chi connectivity index (χ1n) is 6.61. The predicted molar refractivity (Wildman–Crippen MR) is 75.1 cm³/mol. The van der Waals surface area contributed by atoms with E-state index in [1.807, 2.05) is 0 Å². The van der Waals surface area contributed by atoms with Gasteiger partial charge >= 0.3 is 5.97 Å². The van der Waals surface area contributed by atoms with Crippen molar-refractivity contribution < 1.29 is 28.2 Å². The molecular formula is C15H13NO6. The highest BCUT2D eigenvalue weighted by molar-refractivity contribution is 5.95. The van der Waals surface area contributed by atoms with Gasteiger partial charge in [-0.15, -0.1) is 0 Å². The van der Waals surface area contributed by atoms with Gasteiger partial charge in [-0.2, -0.15) is 0 Å². The molecule has 0 radical (unpaired) electrons. The summed E-state index contributed by atoms with van der Waals surface area (Å²) in [6.45, 7) is 0.577. The van der Waals surface area contributed by atoms with E-state index in [0.717, 1.165) is 0 Å². The van der Waals surface area contributed by atoms with Crippen LogP contribution in [0.5, 0.6) is 11.5 Å². The first-order chi connectivity index (χ1) is 10.7. The summed E-state index contributed by atoms with van der Waals surface area (Å²) < 4.78 is 20.4. The van der Waals surface area contributed by atoms with Gasteiger partial charge in [-0.05, 0) is 18.2 Å². The number of esters is 1. The molecule has 1 aliphatic heterocycles. The molecule has 2 heterocycles. The molecule has 0 fully saturated rings. The van der Waals surface area contributed by atoms with Gasteiger partial charge in [0.05, 0.1) is 11.8 Å². The summed E-state index contributed by atoms with van der Waals surface area (Å²) in [7, 11) is 0. The number of carbonyl (C=O) groups excluding carboxylic acids is 2. The van der Waals surface area contributed by atoms with Crippen molar-refractivity contribution in [1.82, 2.24) is 0 Å². The second-order valence-electron chi connectivity index (χ2n) is 4.49. The number of hydrogen-bond donors (Lipinski definition) is 1. The molecule has 1 amide bonds. The third kappa shape index (κ3) is 3.20. The second-order valence-corrected chi connectivity index (χ2v) is 4.49. The van der Waals surface area contributed by atoms with Crippen LogP contribution >= 0.6 is 0 Å². The molecule has 7 heteroatoms. The van der Waals surface area contributed by atoms with E-state index in [-0.39, 0.29) is 5.56 Å². The van der Waals surface area contributed by atoms with Crippen molar-refractivity contribution in [2.24, 2.45) is 0 Å². The topological polar surface area (TPSA) is 87.0 Å². The standard InChI is InChI=1S/C15H13NO6/c17-14(9-22-15(18)10-3-4-19-8-10)16-11-1-2-12-13(7-11)21-6-5-20-12/h1-4,7-8H,5-6,9H2,(H,16,17). The van der Waals surface area contributed by atoms with Gasteiger partial charge in [0.25, 0.3) is 5.91 Å². The smallest absolute Gasteiger partial charge is 0.341 e. The molecule has 0 bridgehead atoms. The van der Waals surface area contributed by atoms with Crippen LogP contribution in [0.2, 0.25) is 0 Å². The lowest BCUT2D eigenvalue weighted by atomic mass is 10.2. The van der Waals surface area contributed by atoms with Crippen molar-refractivity contribution in [2.75, 3.05) is 25.1 Å². The van der Waals surface area contributed by atoms with Crippen molar-refractivity contribution in [3.63, 3.8) is 0 Å². The normalized spacial score (nSPS) is 12.5. The molecule has 0 unspecified atom stereocenters. The molecule has 3 rings (SSSR count). The van der Waals surface area contributed by atoms with Crippen molar-refractivity contribution in [1.29, 1.82) is 0 Å². The number of benzene rings is 1. The third-order valence-corrected chi connectivity index (χ3v) is 2.92. The molecule has 0 spiro atoms. The summed E-state index contributed by atoms with van der Waals surface area (Å²) in [5.74, 6) is 0.134. The molecule has 7 nitrogen and oxygen atoms in total. The number of rotatable bonds is 4. The lowest BCUT2D eigenvalue weighted by molar-refractivity contribution is -0.119. The van der Waals surface area contributed by atoms with Gasteiger partial charge in [-0.25, -0.2) is 4.79 Å². The Kier molecular flexibility index (Phi) is 3.95. The number of anilines is 1. The van der Waals surface area contributed by atoms with Crippen LogP contribution in [0.4, 0.5) is 5.69 Å². The van der Waals surface area contributed by atoms with E-state index in [0.29, 0.717) is 30.4 Å². The largest absolute Gasteiger partial charge is 0.486 e. The van der Waals surface area contributed by atoms with E-state index < -0.39 is 18.5 Å². The fourth-order valence-corrected chi connectivity index (χ4v) is 1.91. The molecule has 114 valence electrons. The van der Waals surface area contributed by atoms with Gasteiger partial charge in [0.15, 0.2) is 18.1 Å². The number of ether oxygens (including phenoxy) is 3. The Morgan fingerprint density at radius 2 is 1.95 bits per heavy atom. The Labute approximate surface area is 125 Å². The van der Waals surface area contributed by atoms with E-state index >= 15 is 0 Å². The van der Waals surface area contributed by atoms with Crippen LogP contribution in [-0.4, -0.2) is 31.7 Å². The lowest BCUT2D eigenvalue weighted by Crippen LogP contribution is -2.21. The van der Waals surface area contributed by atoms with Crippen LogP contribution in [-0.2, 0) is 9.53 Å². The van der Waals surface area contributed by atoms with Crippen molar-refractivity contribution in [3.05, 3.63) is 42.4 Å². The molecule has 0 aliphatic carbocycles. The maximum Gasteiger partial charge on any atom is 0.341 e. The van der Waals surface area contributed by atoms with Gasteiger partial charge in [0, 0.05) is 11.8 Å². The Morgan fingerprint density at radius 3 is 2.73 bits per heavy atom. The number of carbonyl (C=O) groups is 2. The fraction of sp³-hybridized carbons (Fsp3) is 0.200. The Hall–Kier alpha value is -2.96. The lowest BCUT2D eigenvalue weighted by Gasteiger charge is -2.18. The van der Waals surface area contributed by atoms with Crippen molar-refractivity contribution in [2.45, 2.75) is 0 Å². The minimum absolute atomic E-state index is 0.257. The second kappa shape index (κ2) is 6.21. The maximum absolute atomic E-state index is 11.8. The first-order valence-corrected chi connectivity index (χ1v) is 6.61. The van der Waals surface area contributed by atoms with Crippen LogP contribution in [0.1, 0.15) is 10.4 Å². The van der Waals surface area contributed by atoms with Crippen LogP contribution in [0, 0.1) is 0 Å². The molecule has 0 saturated carbocycles. The summed E-state index contributed by atoms with van der Waals surface area (Å²) >= 11 is 0. The minimum Gasteiger partial charge on any atom is -0.486 e. The van der Waals surface area contributed by atoms with Gasteiger partial charge in [-0.3, -0.25) is 4.79 Å². The molecule has 1 aromatic heterocycles. The Morgan fingerprint density at radius 1 is 1.14 bits per heavy atom. The van der Waals surface area contributed by atoms with Crippen LogP contribution in [0.25, 0.3) is 0 Å². The summed E-state index contributed by atoms with van der Waals surface area (Å²) in [5.41, 5.74) is 0.792. The Balaban J connectivity index is 1.54. The zero-order valence-electron chi connectivity index (χ0n) is 11.5. The van der Waals surface area contributed by atoms with Gasteiger partial charge < -0.3 is 23.9 Å². The van der Waals surface area contributed by atoms with E-state index in [4.69, 9.17) is 18.6 Å². The highest BCUT2D eigenvalue weighted by Gasteiger charge is 2.14. The van der Waals surface area contributed by atoms with E-state index in [9.17, 15) is 9.59 Å². The van der Waals surface area contributed by atoms with E-state index in [2.05, 4.69) is 5.32 Å². The zero-order chi connectivity index (χ0) is 15.4. The minimum atomic E-state index is -0.619. The summed E-state index contributed by atoms with van der Waals surface area (Å²) in [4.78, 5) is 23.3. The summed E-state index contributed by atoms with van der Waals surface area (Å²) in [6, 6.07) is 6.51. The van der Waals surface area contributed by atoms with Crippen LogP contribution < -0.4 is 14.8 Å².